The molecule has 3 aliphatic rings. The summed E-state index contributed by atoms with van der Waals surface area (Å²) in [6.07, 6.45) is 6.23. The van der Waals surface area contributed by atoms with Crippen LogP contribution in [-0.2, 0) is 4.74 Å². The quantitative estimate of drug-likeness (QED) is 0.817. The molecule has 160 valence electrons. The Balaban J connectivity index is 1.26. The molecule has 30 heavy (non-hydrogen) atoms. The van der Waals surface area contributed by atoms with Crippen LogP contribution in [0.15, 0.2) is 30.5 Å². The van der Waals surface area contributed by atoms with Gasteiger partial charge in [0.1, 0.15) is 5.69 Å². The largest absolute Gasteiger partial charge is 0.392 e. The summed E-state index contributed by atoms with van der Waals surface area (Å²) in [5, 5.41) is 11.6. The van der Waals surface area contributed by atoms with Crippen LogP contribution in [0.3, 0.4) is 0 Å². The van der Waals surface area contributed by atoms with Gasteiger partial charge < -0.3 is 14.7 Å². The zero-order chi connectivity index (χ0) is 20.6. The van der Waals surface area contributed by atoms with Crippen molar-refractivity contribution in [3.63, 3.8) is 0 Å². The summed E-state index contributed by atoms with van der Waals surface area (Å²) in [5.41, 5.74) is 1.18. The highest BCUT2D eigenvalue weighted by atomic mass is 16.5. The number of aliphatic hydroxyl groups excluding tert-OH is 1. The van der Waals surface area contributed by atoms with Crippen molar-refractivity contribution >= 4 is 16.9 Å². The zero-order valence-electron chi connectivity index (χ0n) is 17.4. The van der Waals surface area contributed by atoms with Gasteiger partial charge in [0.05, 0.1) is 6.10 Å². The van der Waals surface area contributed by atoms with Gasteiger partial charge in [0, 0.05) is 57.0 Å². The van der Waals surface area contributed by atoms with E-state index in [0.29, 0.717) is 17.4 Å². The molecule has 1 N–H and O–H groups in total. The number of piperidine rings is 2. The minimum Gasteiger partial charge on any atom is -0.392 e. The lowest BCUT2D eigenvalue weighted by atomic mass is 9.71. The number of carbonyl (C=O) groups is 1. The van der Waals surface area contributed by atoms with Gasteiger partial charge >= 0.3 is 0 Å². The molecule has 3 fully saturated rings. The van der Waals surface area contributed by atoms with Crippen molar-refractivity contribution in [2.75, 3.05) is 39.4 Å². The maximum absolute atomic E-state index is 13.1. The first kappa shape index (κ1) is 19.8. The molecular formula is C23H30N4O3. The molecule has 1 unspecified atom stereocenters. The van der Waals surface area contributed by atoms with Crippen molar-refractivity contribution in [2.24, 2.45) is 5.41 Å². The van der Waals surface area contributed by atoms with E-state index in [2.05, 4.69) is 14.9 Å². The summed E-state index contributed by atoms with van der Waals surface area (Å²) >= 11 is 0. The van der Waals surface area contributed by atoms with Crippen LogP contribution in [0, 0.1) is 5.41 Å². The van der Waals surface area contributed by atoms with E-state index in [4.69, 9.17) is 4.74 Å². The zero-order valence-corrected chi connectivity index (χ0v) is 17.4. The second-order valence-corrected chi connectivity index (χ2v) is 9.17. The lowest BCUT2D eigenvalue weighted by molar-refractivity contribution is -0.0695. The minimum atomic E-state index is -0.280. The topological polar surface area (TPSA) is 78.8 Å². The lowest BCUT2D eigenvalue weighted by Crippen LogP contribution is -2.57. The Labute approximate surface area is 177 Å². The predicted octanol–water partition coefficient (Wildman–Crippen LogP) is 2.10. The molecule has 7 nitrogen and oxygen atoms in total. The highest BCUT2D eigenvalue weighted by Gasteiger charge is 2.44. The SMILES string of the molecule is O=C(c1ccc2cccnc2n1)N1CCC2(CC1)CC(O)CN(C1CCOCC1)C2. The Morgan fingerprint density at radius 2 is 1.97 bits per heavy atom. The van der Waals surface area contributed by atoms with Gasteiger partial charge in [-0.2, -0.15) is 0 Å². The van der Waals surface area contributed by atoms with Gasteiger partial charge in [-0.25, -0.2) is 9.97 Å². The van der Waals surface area contributed by atoms with Gasteiger partial charge in [0.15, 0.2) is 5.65 Å². The van der Waals surface area contributed by atoms with Gasteiger partial charge in [-0.15, -0.1) is 0 Å². The number of pyridine rings is 2. The van der Waals surface area contributed by atoms with E-state index in [1.54, 1.807) is 12.3 Å². The number of amides is 1. The molecule has 1 spiro atoms. The maximum Gasteiger partial charge on any atom is 0.272 e. The van der Waals surface area contributed by atoms with E-state index < -0.39 is 0 Å². The van der Waals surface area contributed by atoms with Gasteiger partial charge in [-0.05, 0) is 61.8 Å². The fourth-order valence-corrected chi connectivity index (χ4v) is 5.50. The molecule has 5 rings (SSSR count). The summed E-state index contributed by atoms with van der Waals surface area (Å²) in [6.45, 7) is 4.86. The van der Waals surface area contributed by atoms with Crippen LogP contribution in [0.5, 0.6) is 0 Å². The van der Waals surface area contributed by atoms with Crippen molar-refractivity contribution in [1.29, 1.82) is 0 Å². The number of hydrogen-bond acceptors (Lipinski definition) is 6. The first-order chi connectivity index (χ1) is 14.6. The summed E-state index contributed by atoms with van der Waals surface area (Å²) < 4.78 is 5.52. The number of fused-ring (bicyclic) bond motifs is 1. The predicted molar refractivity (Wildman–Crippen MR) is 113 cm³/mol. The standard InChI is InChI=1S/C23H30N4O3/c28-19-14-23(16-27(15-19)18-5-12-30-13-6-18)7-10-26(11-8-23)22(29)20-4-3-17-2-1-9-24-21(17)25-20/h1-4,9,18-19,28H,5-8,10-16H2. The van der Waals surface area contributed by atoms with E-state index in [1.807, 2.05) is 23.1 Å². The Kier molecular flexibility index (Phi) is 5.43. The van der Waals surface area contributed by atoms with E-state index in [9.17, 15) is 9.90 Å². The summed E-state index contributed by atoms with van der Waals surface area (Å²) in [6, 6.07) is 8.05. The highest BCUT2D eigenvalue weighted by molar-refractivity contribution is 5.94. The fourth-order valence-electron chi connectivity index (χ4n) is 5.50. The van der Waals surface area contributed by atoms with Crippen LogP contribution in [0.2, 0.25) is 0 Å². The van der Waals surface area contributed by atoms with Crippen molar-refractivity contribution in [2.45, 2.75) is 44.2 Å². The third-order valence-corrected chi connectivity index (χ3v) is 7.15. The number of β-amino-alcohol motifs (C(OH)–C–C–N with tert-alkyl or cyclic N) is 1. The molecular weight excluding hydrogens is 380 g/mol. The molecule has 0 radical (unpaired) electrons. The molecule has 1 amide bonds. The van der Waals surface area contributed by atoms with Gasteiger partial charge in [-0.3, -0.25) is 9.69 Å². The van der Waals surface area contributed by atoms with E-state index in [1.165, 1.54) is 0 Å². The monoisotopic (exact) mass is 410 g/mol. The van der Waals surface area contributed by atoms with Crippen molar-refractivity contribution in [3.05, 3.63) is 36.2 Å². The van der Waals surface area contributed by atoms with Crippen molar-refractivity contribution in [3.8, 4) is 0 Å². The van der Waals surface area contributed by atoms with Gasteiger partial charge in [0.25, 0.3) is 5.91 Å². The Bertz CT molecular complexity index is 906. The second-order valence-electron chi connectivity index (χ2n) is 9.17. The van der Waals surface area contributed by atoms with Gasteiger partial charge in [0.2, 0.25) is 0 Å². The minimum absolute atomic E-state index is 0.0185. The highest BCUT2D eigenvalue weighted by Crippen LogP contribution is 2.41. The number of hydrogen-bond donors (Lipinski definition) is 1. The normalized spacial score (nSPS) is 25.6. The average molecular weight is 411 g/mol. The first-order valence-electron chi connectivity index (χ1n) is 11.1. The fraction of sp³-hybridized carbons (Fsp3) is 0.609. The Morgan fingerprint density at radius 3 is 2.77 bits per heavy atom. The molecule has 0 aliphatic carbocycles. The molecule has 3 saturated heterocycles. The number of nitrogens with zero attached hydrogens (tertiary/aromatic N) is 4. The molecule has 7 heteroatoms. The molecule has 1 atom stereocenters. The van der Waals surface area contributed by atoms with Crippen LogP contribution >= 0.6 is 0 Å². The Hall–Kier alpha value is -2.09. The molecule has 0 bridgehead atoms. The summed E-state index contributed by atoms with van der Waals surface area (Å²) in [7, 11) is 0. The molecule has 0 saturated carbocycles. The summed E-state index contributed by atoms with van der Waals surface area (Å²) in [5.74, 6) is -0.0185. The molecule has 5 heterocycles. The number of likely N-dealkylation sites (tertiary alicyclic amines) is 2. The van der Waals surface area contributed by atoms with E-state index in [0.717, 1.165) is 76.9 Å². The van der Waals surface area contributed by atoms with Crippen molar-refractivity contribution in [1.82, 2.24) is 19.8 Å². The van der Waals surface area contributed by atoms with Crippen molar-refractivity contribution < 1.29 is 14.6 Å². The van der Waals surface area contributed by atoms with E-state index >= 15 is 0 Å². The van der Waals surface area contributed by atoms with E-state index in [-0.39, 0.29) is 17.4 Å². The third kappa shape index (κ3) is 3.94. The average Bonchev–Trinajstić information content (AvgIpc) is 2.79. The smallest absolute Gasteiger partial charge is 0.272 e. The summed E-state index contributed by atoms with van der Waals surface area (Å²) in [4.78, 5) is 26.2. The van der Waals surface area contributed by atoms with Crippen LogP contribution in [0.4, 0.5) is 0 Å². The van der Waals surface area contributed by atoms with Crippen LogP contribution in [0.1, 0.15) is 42.6 Å². The number of rotatable bonds is 2. The molecule has 2 aromatic heterocycles. The molecule has 0 aromatic carbocycles. The lowest BCUT2D eigenvalue weighted by Gasteiger charge is -2.51. The third-order valence-electron chi connectivity index (χ3n) is 7.15. The number of carbonyl (C=O) groups excluding carboxylic acids is 1. The molecule has 2 aromatic rings. The van der Waals surface area contributed by atoms with Crippen LogP contribution in [0.25, 0.3) is 11.0 Å². The maximum atomic E-state index is 13.1. The molecule has 3 aliphatic heterocycles. The van der Waals surface area contributed by atoms with Crippen LogP contribution < -0.4 is 0 Å². The second kappa shape index (κ2) is 8.21. The Morgan fingerprint density at radius 1 is 1.17 bits per heavy atom. The number of ether oxygens (including phenoxy) is 1. The number of aromatic nitrogens is 2. The first-order valence-corrected chi connectivity index (χ1v) is 11.1. The number of aliphatic hydroxyl groups is 1. The van der Waals surface area contributed by atoms with Crippen LogP contribution in [-0.4, -0.2) is 82.3 Å². The van der Waals surface area contributed by atoms with Gasteiger partial charge in [-0.1, -0.05) is 0 Å².